The molecule has 1 amide bonds. The van der Waals surface area contributed by atoms with Gasteiger partial charge in [-0.15, -0.1) is 11.3 Å². The SMILES string of the molecule is CNC(=O)Cc1nc(CN2CCC[C@@H]2c2cccc(C)c2C)cs1. The van der Waals surface area contributed by atoms with Gasteiger partial charge in [-0.05, 0) is 49.9 Å². The number of hydrogen-bond acceptors (Lipinski definition) is 4. The van der Waals surface area contributed by atoms with Crippen LogP contribution in [0.2, 0.25) is 0 Å². The number of carbonyl (C=O) groups excluding carboxylic acids is 1. The number of carbonyl (C=O) groups is 1. The van der Waals surface area contributed by atoms with Crippen molar-refractivity contribution >= 4 is 17.2 Å². The zero-order valence-electron chi connectivity index (χ0n) is 14.6. The highest BCUT2D eigenvalue weighted by Crippen LogP contribution is 2.35. The van der Waals surface area contributed by atoms with E-state index in [1.54, 1.807) is 18.4 Å². The zero-order chi connectivity index (χ0) is 17.1. The van der Waals surface area contributed by atoms with Crippen LogP contribution in [0.15, 0.2) is 23.6 Å². The van der Waals surface area contributed by atoms with E-state index in [1.165, 1.54) is 29.5 Å². The number of nitrogens with zero attached hydrogens (tertiary/aromatic N) is 2. The highest BCUT2D eigenvalue weighted by Gasteiger charge is 2.27. The topological polar surface area (TPSA) is 45.2 Å². The van der Waals surface area contributed by atoms with E-state index in [4.69, 9.17) is 0 Å². The number of likely N-dealkylation sites (tertiary alicyclic amines) is 1. The maximum absolute atomic E-state index is 11.5. The number of hydrogen-bond donors (Lipinski definition) is 1. The molecule has 1 N–H and O–H groups in total. The van der Waals surface area contributed by atoms with Crippen LogP contribution in [0, 0.1) is 13.8 Å². The highest BCUT2D eigenvalue weighted by atomic mass is 32.1. The lowest BCUT2D eigenvalue weighted by atomic mass is 9.96. The molecule has 5 heteroatoms. The van der Waals surface area contributed by atoms with E-state index >= 15 is 0 Å². The number of aromatic nitrogens is 1. The molecule has 1 aliphatic heterocycles. The summed E-state index contributed by atoms with van der Waals surface area (Å²) < 4.78 is 0. The summed E-state index contributed by atoms with van der Waals surface area (Å²) in [5.74, 6) is 0.0188. The first kappa shape index (κ1) is 17.1. The summed E-state index contributed by atoms with van der Waals surface area (Å²) in [4.78, 5) is 18.7. The van der Waals surface area contributed by atoms with E-state index in [0.29, 0.717) is 12.5 Å². The second-order valence-corrected chi connectivity index (χ2v) is 7.44. The average molecular weight is 343 g/mol. The van der Waals surface area contributed by atoms with E-state index in [1.807, 2.05) is 0 Å². The fourth-order valence-corrected chi connectivity index (χ4v) is 4.22. The fraction of sp³-hybridized carbons (Fsp3) is 0.474. The van der Waals surface area contributed by atoms with Crippen LogP contribution in [-0.4, -0.2) is 29.4 Å². The molecule has 0 radical (unpaired) electrons. The third kappa shape index (κ3) is 3.68. The maximum Gasteiger partial charge on any atom is 0.226 e. The van der Waals surface area contributed by atoms with E-state index in [9.17, 15) is 4.79 Å². The van der Waals surface area contributed by atoms with Crippen molar-refractivity contribution in [1.29, 1.82) is 0 Å². The van der Waals surface area contributed by atoms with Gasteiger partial charge in [0, 0.05) is 25.0 Å². The third-order valence-corrected chi connectivity index (χ3v) is 5.82. The molecule has 24 heavy (non-hydrogen) atoms. The number of amides is 1. The quantitative estimate of drug-likeness (QED) is 0.905. The number of benzene rings is 1. The predicted octanol–water partition coefficient (Wildman–Crippen LogP) is 3.39. The Bertz CT molecular complexity index is 725. The van der Waals surface area contributed by atoms with Crippen molar-refractivity contribution in [2.75, 3.05) is 13.6 Å². The minimum Gasteiger partial charge on any atom is -0.359 e. The monoisotopic (exact) mass is 343 g/mol. The number of rotatable bonds is 5. The van der Waals surface area contributed by atoms with Gasteiger partial charge < -0.3 is 5.32 Å². The van der Waals surface area contributed by atoms with Crippen molar-refractivity contribution in [2.45, 2.75) is 45.7 Å². The summed E-state index contributed by atoms with van der Waals surface area (Å²) in [5, 5.41) is 5.64. The number of thiazole rings is 1. The lowest BCUT2D eigenvalue weighted by molar-refractivity contribution is -0.119. The Morgan fingerprint density at radius 2 is 2.25 bits per heavy atom. The van der Waals surface area contributed by atoms with Crippen molar-refractivity contribution < 1.29 is 4.79 Å². The second-order valence-electron chi connectivity index (χ2n) is 6.50. The molecule has 0 aliphatic carbocycles. The first-order chi connectivity index (χ1) is 11.6. The van der Waals surface area contributed by atoms with Gasteiger partial charge in [0.25, 0.3) is 0 Å². The Kier molecular flexibility index (Phi) is 5.31. The van der Waals surface area contributed by atoms with Crippen molar-refractivity contribution in [3.05, 3.63) is 51.0 Å². The Labute approximate surface area is 147 Å². The van der Waals surface area contributed by atoms with Crippen LogP contribution < -0.4 is 5.32 Å². The van der Waals surface area contributed by atoms with E-state index in [0.717, 1.165) is 23.8 Å². The summed E-state index contributed by atoms with van der Waals surface area (Å²) >= 11 is 1.58. The van der Waals surface area contributed by atoms with Gasteiger partial charge in [0.05, 0.1) is 12.1 Å². The van der Waals surface area contributed by atoms with Gasteiger partial charge in [-0.1, -0.05) is 18.2 Å². The second kappa shape index (κ2) is 7.45. The lowest BCUT2D eigenvalue weighted by Gasteiger charge is -2.26. The molecule has 1 aromatic heterocycles. The molecule has 1 fully saturated rings. The van der Waals surface area contributed by atoms with Crippen LogP contribution >= 0.6 is 11.3 Å². The molecule has 0 bridgehead atoms. The minimum absolute atomic E-state index is 0.0188. The van der Waals surface area contributed by atoms with Crippen LogP contribution in [0.4, 0.5) is 0 Å². The van der Waals surface area contributed by atoms with Crippen LogP contribution in [0.5, 0.6) is 0 Å². The molecule has 1 aromatic carbocycles. The van der Waals surface area contributed by atoms with Crippen molar-refractivity contribution in [1.82, 2.24) is 15.2 Å². The first-order valence-electron chi connectivity index (χ1n) is 8.52. The summed E-state index contributed by atoms with van der Waals surface area (Å²) in [7, 11) is 1.66. The average Bonchev–Trinajstić information content (AvgIpc) is 3.20. The van der Waals surface area contributed by atoms with Crippen molar-refractivity contribution in [3.8, 4) is 0 Å². The normalized spacial score (nSPS) is 18.0. The molecule has 2 heterocycles. The number of likely N-dealkylation sites (N-methyl/N-ethyl adjacent to an activating group) is 1. The lowest BCUT2D eigenvalue weighted by Crippen LogP contribution is -2.24. The summed E-state index contributed by atoms with van der Waals surface area (Å²) in [5.41, 5.74) is 5.30. The van der Waals surface area contributed by atoms with Gasteiger partial charge in [0.15, 0.2) is 0 Å². The van der Waals surface area contributed by atoms with Crippen LogP contribution in [0.25, 0.3) is 0 Å². The molecule has 3 rings (SSSR count). The number of aryl methyl sites for hydroxylation is 1. The van der Waals surface area contributed by atoms with E-state index in [2.05, 4.69) is 52.6 Å². The largest absolute Gasteiger partial charge is 0.359 e. The smallest absolute Gasteiger partial charge is 0.226 e. The van der Waals surface area contributed by atoms with Crippen molar-refractivity contribution in [3.63, 3.8) is 0 Å². The Hall–Kier alpha value is -1.72. The zero-order valence-corrected chi connectivity index (χ0v) is 15.4. The Morgan fingerprint density at radius 3 is 3.04 bits per heavy atom. The molecule has 0 spiro atoms. The van der Waals surface area contributed by atoms with E-state index < -0.39 is 0 Å². The van der Waals surface area contributed by atoms with Gasteiger partial charge in [-0.3, -0.25) is 9.69 Å². The van der Waals surface area contributed by atoms with E-state index in [-0.39, 0.29) is 5.91 Å². The summed E-state index contributed by atoms with van der Waals surface area (Å²) in [6.45, 7) is 6.39. The fourth-order valence-electron chi connectivity index (χ4n) is 3.44. The van der Waals surface area contributed by atoms with Gasteiger partial charge in [0.1, 0.15) is 5.01 Å². The molecular formula is C19H25N3OS. The van der Waals surface area contributed by atoms with Crippen LogP contribution in [0.3, 0.4) is 0 Å². The van der Waals surface area contributed by atoms with Gasteiger partial charge in [-0.2, -0.15) is 0 Å². The molecule has 1 atom stereocenters. The minimum atomic E-state index is 0.0188. The molecule has 4 nitrogen and oxygen atoms in total. The number of nitrogens with one attached hydrogen (secondary N) is 1. The van der Waals surface area contributed by atoms with Gasteiger partial charge >= 0.3 is 0 Å². The first-order valence-corrected chi connectivity index (χ1v) is 9.40. The Morgan fingerprint density at radius 1 is 1.42 bits per heavy atom. The molecule has 128 valence electrons. The Balaban J connectivity index is 1.72. The van der Waals surface area contributed by atoms with Crippen LogP contribution in [0.1, 0.15) is 46.3 Å². The van der Waals surface area contributed by atoms with Crippen molar-refractivity contribution in [2.24, 2.45) is 0 Å². The predicted molar refractivity (Wildman–Crippen MR) is 98.2 cm³/mol. The molecular weight excluding hydrogens is 318 g/mol. The summed E-state index contributed by atoms with van der Waals surface area (Å²) in [6, 6.07) is 7.10. The summed E-state index contributed by atoms with van der Waals surface area (Å²) in [6.07, 6.45) is 2.81. The molecule has 1 aliphatic rings. The molecule has 1 saturated heterocycles. The molecule has 0 saturated carbocycles. The highest BCUT2D eigenvalue weighted by molar-refractivity contribution is 7.09. The van der Waals surface area contributed by atoms with Gasteiger partial charge in [-0.25, -0.2) is 4.98 Å². The molecule has 0 unspecified atom stereocenters. The third-order valence-electron chi connectivity index (χ3n) is 4.92. The van der Waals surface area contributed by atoms with Crippen LogP contribution in [-0.2, 0) is 17.8 Å². The maximum atomic E-state index is 11.5. The van der Waals surface area contributed by atoms with Gasteiger partial charge in [0.2, 0.25) is 5.91 Å². The molecule has 2 aromatic rings. The standard InChI is InChI=1S/C19H25N3OS/c1-13-6-4-7-16(14(13)2)17-8-5-9-22(17)11-15-12-24-19(21-15)10-18(23)20-3/h4,6-7,12,17H,5,8-11H2,1-3H3,(H,20,23)/t17-/m1/s1.